The highest BCUT2D eigenvalue weighted by Crippen LogP contribution is 1.98. The molecule has 0 unspecified atom stereocenters. The maximum Gasteiger partial charge on any atom is 0.205 e. The van der Waals surface area contributed by atoms with E-state index in [1.807, 2.05) is 11.8 Å². The van der Waals surface area contributed by atoms with Crippen molar-refractivity contribution in [2.24, 2.45) is 10.8 Å². The maximum absolute atomic E-state index is 5.35. The summed E-state index contributed by atoms with van der Waals surface area (Å²) in [5, 5.41) is 3.17. The Labute approximate surface area is 97.5 Å². The van der Waals surface area contributed by atoms with Crippen LogP contribution >= 0.6 is 11.8 Å². The normalized spacial score (nSPS) is 11.5. The lowest BCUT2D eigenvalue weighted by molar-refractivity contribution is 0.725. The van der Waals surface area contributed by atoms with Crippen LogP contribution in [0.3, 0.4) is 0 Å². The molecule has 0 saturated carbocycles. The van der Waals surface area contributed by atoms with Crippen molar-refractivity contribution in [2.75, 3.05) is 25.1 Å². The van der Waals surface area contributed by atoms with E-state index in [4.69, 9.17) is 5.84 Å². The Morgan fingerprint density at radius 3 is 2.73 bits per heavy atom. The molecule has 0 aliphatic heterocycles. The molecule has 0 aliphatic rings. The molecule has 0 amide bonds. The number of thioether (sulfide) groups is 1. The first kappa shape index (κ1) is 14.6. The molecule has 0 atom stereocenters. The molecular formula is C10H24N4S. The molecule has 0 aromatic heterocycles. The second-order valence-corrected chi connectivity index (χ2v) is 4.34. The van der Waals surface area contributed by atoms with Gasteiger partial charge in [-0.25, -0.2) is 5.84 Å². The minimum absolute atomic E-state index is 0.715. The van der Waals surface area contributed by atoms with Gasteiger partial charge in [0.15, 0.2) is 0 Å². The average molecular weight is 232 g/mol. The molecule has 0 rings (SSSR count). The fourth-order valence-corrected chi connectivity index (χ4v) is 1.58. The number of nitrogens with one attached hydrogen (secondary N) is 2. The molecule has 0 saturated heterocycles. The monoisotopic (exact) mass is 232 g/mol. The number of nitrogens with two attached hydrogens (primary N) is 1. The Hall–Kier alpha value is -0.420. The highest BCUT2D eigenvalue weighted by molar-refractivity contribution is 7.98. The van der Waals surface area contributed by atoms with Crippen molar-refractivity contribution in [3.05, 3.63) is 0 Å². The summed E-state index contributed by atoms with van der Waals surface area (Å²) in [4.78, 5) is 4.35. The second-order valence-electron chi connectivity index (χ2n) is 3.35. The van der Waals surface area contributed by atoms with Crippen LogP contribution in [0.25, 0.3) is 0 Å². The Bertz CT molecular complexity index is 162. The van der Waals surface area contributed by atoms with Crippen LogP contribution < -0.4 is 16.6 Å². The van der Waals surface area contributed by atoms with Crippen molar-refractivity contribution in [3.63, 3.8) is 0 Å². The van der Waals surface area contributed by atoms with Crippen molar-refractivity contribution in [2.45, 2.75) is 32.6 Å². The molecule has 0 aliphatic carbocycles. The van der Waals surface area contributed by atoms with Gasteiger partial charge in [0.05, 0.1) is 0 Å². The topological polar surface area (TPSA) is 62.4 Å². The van der Waals surface area contributed by atoms with Gasteiger partial charge in [0, 0.05) is 13.1 Å². The van der Waals surface area contributed by atoms with E-state index in [0.717, 1.165) is 25.9 Å². The van der Waals surface area contributed by atoms with Gasteiger partial charge in [-0.3, -0.25) is 10.4 Å². The molecule has 4 N–H and O–H groups in total. The smallest absolute Gasteiger partial charge is 0.205 e. The van der Waals surface area contributed by atoms with Gasteiger partial charge in [0.1, 0.15) is 0 Å². The lowest BCUT2D eigenvalue weighted by Gasteiger charge is -2.08. The van der Waals surface area contributed by atoms with E-state index in [-0.39, 0.29) is 0 Å². The Morgan fingerprint density at radius 1 is 1.33 bits per heavy atom. The fraction of sp³-hybridized carbons (Fsp3) is 0.900. The van der Waals surface area contributed by atoms with E-state index >= 15 is 0 Å². The number of rotatable bonds is 8. The summed E-state index contributed by atoms with van der Waals surface area (Å²) in [5.74, 6) is 7.28. The first-order chi connectivity index (χ1) is 7.35. The second kappa shape index (κ2) is 11.7. The van der Waals surface area contributed by atoms with Crippen molar-refractivity contribution in [1.29, 1.82) is 0 Å². The van der Waals surface area contributed by atoms with Gasteiger partial charge in [0.2, 0.25) is 5.96 Å². The van der Waals surface area contributed by atoms with Crippen molar-refractivity contribution >= 4 is 17.7 Å². The van der Waals surface area contributed by atoms with Crippen LogP contribution in [0.4, 0.5) is 0 Å². The van der Waals surface area contributed by atoms with Crippen LogP contribution in [0.5, 0.6) is 0 Å². The third-order valence-electron chi connectivity index (χ3n) is 1.99. The summed E-state index contributed by atoms with van der Waals surface area (Å²) in [6.45, 7) is 3.94. The average Bonchev–Trinajstić information content (AvgIpc) is 2.26. The van der Waals surface area contributed by atoms with Gasteiger partial charge in [-0.05, 0) is 31.3 Å². The zero-order chi connectivity index (χ0) is 11.4. The fourth-order valence-electron chi connectivity index (χ4n) is 1.09. The summed E-state index contributed by atoms with van der Waals surface area (Å²) in [6, 6.07) is 0. The van der Waals surface area contributed by atoms with Crippen molar-refractivity contribution in [3.8, 4) is 0 Å². The van der Waals surface area contributed by atoms with Gasteiger partial charge < -0.3 is 5.32 Å². The largest absolute Gasteiger partial charge is 0.355 e. The van der Waals surface area contributed by atoms with Crippen LogP contribution in [0, 0.1) is 0 Å². The summed E-state index contributed by atoms with van der Waals surface area (Å²) < 4.78 is 0. The zero-order valence-electron chi connectivity index (χ0n) is 9.88. The minimum Gasteiger partial charge on any atom is -0.355 e. The lowest BCUT2D eigenvalue weighted by atomic mass is 10.3. The Morgan fingerprint density at radius 2 is 2.13 bits per heavy atom. The predicted octanol–water partition coefficient (Wildman–Crippen LogP) is 1.34. The van der Waals surface area contributed by atoms with E-state index in [1.54, 1.807) is 0 Å². The number of guanidine groups is 1. The minimum atomic E-state index is 0.715. The quantitative estimate of drug-likeness (QED) is 0.194. The highest BCUT2D eigenvalue weighted by Gasteiger charge is 1.93. The number of unbranched alkanes of at least 4 members (excludes halogenated alkanes) is 2. The van der Waals surface area contributed by atoms with Crippen LogP contribution in [0.1, 0.15) is 32.6 Å². The number of nitrogens with zero attached hydrogens (tertiary/aromatic N) is 1. The standard InChI is InChI=1S/C10H24N4S/c1-3-4-7-12-10(14-11)13-8-5-6-9-15-2/h3-9,11H2,1-2H3,(H2,12,13,14). The van der Waals surface area contributed by atoms with Gasteiger partial charge >= 0.3 is 0 Å². The molecule has 0 radical (unpaired) electrons. The molecule has 0 aromatic rings. The lowest BCUT2D eigenvalue weighted by Crippen LogP contribution is -2.42. The van der Waals surface area contributed by atoms with E-state index in [9.17, 15) is 0 Å². The summed E-state index contributed by atoms with van der Waals surface area (Å²) in [7, 11) is 0. The predicted molar refractivity (Wildman–Crippen MR) is 70.2 cm³/mol. The van der Waals surface area contributed by atoms with Gasteiger partial charge in [0.25, 0.3) is 0 Å². The third kappa shape index (κ3) is 9.87. The SMILES string of the molecule is CCCCNC(=NCCCCSC)NN. The van der Waals surface area contributed by atoms with Crippen LogP contribution in [0.2, 0.25) is 0 Å². The summed E-state index contributed by atoms with van der Waals surface area (Å²) in [5.41, 5.74) is 2.59. The molecule has 0 aromatic carbocycles. The zero-order valence-corrected chi connectivity index (χ0v) is 10.7. The molecule has 5 heteroatoms. The first-order valence-electron chi connectivity index (χ1n) is 5.59. The molecule has 0 bridgehead atoms. The van der Waals surface area contributed by atoms with Crippen LogP contribution in [-0.4, -0.2) is 31.1 Å². The van der Waals surface area contributed by atoms with Crippen LogP contribution in [0.15, 0.2) is 4.99 Å². The summed E-state index contributed by atoms with van der Waals surface area (Å²) in [6.07, 6.45) is 6.80. The molecule has 4 nitrogen and oxygen atoms in total. The van der Waals surface area contributed by atoms with E-state index < -0.39 is 0 Å². The van der Waals surface area contributed by atoms with Gasteiger partial charge in [-0.2, -0.15) is 11.8 Å². The van der Waals surface area contributed by atoms with Gasteiger partial charge in [-0.15, -0.1) is 0 Å². The summed E-state index contributed by atoms with van der Waals surface area (Å²) >= 11 is 1.88. The Kier molecular flexibility index (Phi) is 11.3. The van der Waals surface area contributed by atoms with Crippen molar-refractivity contribution < 1.29 is 0 Å². The van der Waals surface area contributed by atoms with E-state index in [2.05, 4.69) is 28.9 Å². The number of hydrazine groups is 1. The van der Waals surface area contributed by atoms with Crippen molar-refractivity contribution in [1.82, 2.24) is 10.7 Å². The molecule has 0 heterocycles. The number of aliphatic imine (C=N–C) groups is 1. The van der Waals surface area contributed by atoms with E-state index in [1.165, 1.54) is 18.6 Å². The maximum atomic E-state index is 5.35. The third-order valence-corrected chi connectivity index (χ3v) is 2.68. The number of hydrogen-bond donors (Lipinski definition) is 3. The van der Waals surface area contributed by atoms with Gasteiger partial charge in [-0.1, -0.05) is 13.3 Å². The molecule has 0 spiro atoms. The van der Waals surface area contributed by atoms with E-state index in [0.29, 0.717) is 5.96 Å². The van der Waals surface area contributed by atoms with Crippen LogP contribution in [-0.2, 0) is 0 Å². The molecule has 15 heavy (non-hydrogen) atoms. The molecule has 0 fully saturated rings. The Balaban J connectivity index is 3.50. The molecular weight excluding hydrogens is 208 g/mol. The highest BCUT2D eigenvalue weighted by atomic mass is 32.2. The molecule has 90 valence electrons. The first-order valence-corrected chi connectivity index (χ1v) is 6.98. The number of hydrogen-bond acceptors (Lipinski definition) is 3.